The lowest BCUT2D eigenvalue weighted by Gasteiger charge is -2.41. The maximum Gasteiger partial charge on any atom is 0.222 e. The van der Waals surface area contributed by atoms with Crippen molar-refractivity contribution in [1.82, 2.24) is 14.7 Å². The van der Waals surface area contributed by atoms with Crippen LogP contribution < -0.4 is 0 Å². The molecule has 2 heterocycles. The average Bonchev–Trinajstić information content (AvgIpc) is 2.70. The van der Waals surface area contributed by atoms with Crippen molar-refractivity contribution in [3.05, 3.63) is 0 Å². The summed E-state index contributed by atoms with van der Waals surface area (Å²) in [6.45, 7) is 13.2. The van der Waals surface area contributed by atoms with Gasteiger partial charge in [-0.1, -0.05) is 20.8 Å². The first-order valence-electron chi connectivity index (χ1n) is 7.95. The number of carbonyl (C=O) groups is 1. The Labute approximate surface area is 117 Å². The van der Waals surface area contributed by atoms with Crippen LogP contribution in [0.4, 0.5) is 0 Å². The molecule has 2 rings (SSSR count). The molecule has 2 unspecified atom stereocenters. The summed E-state index contributed by atoms with van der Waals surface area (Å²) in [4.78, 5) is 19.2. The number of hydrogen-bond donors (Lipinski definition) is 0. The van der Waals surface area contributed by atoms with Gasteiger partial charge in [-0.05, 0) is 25.9 Å². The number of hydrogen-bond acceptors (Lipinski definition) is 3. The lowest BCUT2D eigenvalue weighted by atomic mass is 10.1. The number of piperazine rings is 1. The van der Waals surface area contributed by atoms with E-state index in [2.05, 4.69) is 28.5 Å². The number of rotatable bonds is 6. The highest BCUT2D eigenvalue weighted by molar-refractivity contribution is 5.77. The van der Waals surface area contributed by atoms with Crippen LogP contribution in [0.5, 0.6) is 0 Å². The van der Waals surface area contributed by atoms with E-state index in [9.17, 15) is 4.79 Å². The van der Waals surface area contributed by atoms with Gasteiger partial charge in [0, 0.05) is 44.7 Å². The fourth-order valence-electron chi connectivity index (χ4n) is 3.59. The maximum absolute atomic E-state index is 12.0. The van der Waals surface area contributed by atoms with Gasteiger partial charge >= 0.3 is 0 Å². The van der Waals surface area contributed by atoms with Crippen molar-refractivity contribution in [2.75, 3.05) is 39.3 Å². The van der Waals surface area contributed by atoms with E-state index >= 15 is 0 Å². The van der Waals surface area contributed by atoms with Gasteiger partial charge in [0.05, 0.1) is 0 Å². The molecule has 19 heavy (non-hydrogen) atoms. The highest BCUT2D eigenvalue weighted by Gasteiger charge is 2.41. The average molecular weight is 267 g/mol. The molecule has 0 radical (unpaired) electrons. The summed E-state index contributed by atoms with van der Waals surface area (Å²) < 4.78 is 0. The molecular formula is C15H29N3O. The van der Waals surface area contributed by atoms with Crippen molar-refractivity contribution >= 4 is 5.91 Å². The number of likely N-dealkylation sites (N-methyl/N-ethyl adjacent to an activating group) is 1. The third kappa shape index (κ3) is 3.29. The van der Waals surface area contributed by atoms with E-state index in [4.69, 9.17) is 0 Å². The van der Waals surface area contributed by atoms with E-state index in [1.807, 2.05) is 6.92 Å². The summed E-state index contributed by atoms with van der Waals surface area (Å²) in [5.74, 6) is 0.357. The zero-order valence-corrected chi connectivity index (χ0v) is 12.8. The molecule has 4 nitrogen and oxygen atoms in total. The molecule has 0 spiro atoms. The summed E-state index contributed by atoms with van der Waals surface area (Å²) in [5, 5.41) is 0. The van der Waals surface area contributed by atoms with Crippen LogP contribution >= 0.6 is 0 Å². The molecule has 1 amide bonds. The molecule has 2 fully saturated rings. The van der Waals surface area contributed by atoms with Gasteiger partial charge in [-0.2, -0.15) is 0 Å². The molecule has 2 atom stereocenters. The molecule has 2 bridgehead atoms. The summed E-state index contributed by atoms with van der Waals surface area (Å²) in [6.07, 6.45) is 3.07. The van der Waals surface area contributed by atoms with Crippen LogP contribution in [0.15, 0.2) is 0 Å². The fraction of sp³-hybridized carbons (Fsp3) is 0.933. The van der Waals surface area contributed by atoms with Crippen LogP contribution in [-0.2, 0) is 4.79 Å². The molecule has 0 aliphatic carbocycles. The van der Waals surface area contributed by atoms with E-state index in [-0.39, 0.29) is 0 Å². The van der Waals surface area contributed by atoms with Crippen molar-refractivity contribution in [2.45, 2.75) is 52.1 Å². The van der Waals surface area contributed by atoms with Crippen LogP contribution in [0, 0.1) is 0 Å². The predicted molar refractivity (Wildman–Crippen MR) is 78.2 cm³/mol. The van der Waals surface area contributed by atoms with E-state index < -0.39 is 0 Å². The van der Waals surface area contributed by atoms with Crippen LogP contribution in [-0.4, -0.2) is 72.0 Å². The minimum atomic E-state index is 0.357. The first-order chi connectivity index (χ1) is 9.19. The first-order valence-corrected chi connectivity index (χ1v) is 7.95. The third-order valence-corrected chi connectivity index (χ3v) is 4.78. The predicted octanol–water partition coefficient (Wildman–Crippen LogP) is 1.41. The Kier molecular flexibility index (Phi) is 5.22. The molecule has 2 aliphatic heterocycles. The second kappa shape index (κ2) is 6.71. The Morgan fingerprint density at radius 3 is 2.16 bits per heavy atom. The molecule has 0 aromatic rings. The Hall–Kier alpha value is -0.610. The Bertz CT molecular complexity index is 290. The smallest absolute Gasteiger partial charge is 0.222 e. The third-order valence-electron chi connectivity index (χ3n) is 4.78. The second-order valence-corrected chi connectivity index (χ2v) is 5.83. The van der Waals surface area contributed by atoms with E-state index in [0.29, 0.717) is 24.4 Å². The highest BCUT2D eigenvalue weighted by atomic mass is 16.2. The van der Waals surface area contributed by atoms with Gasteiger partial charge < -0.3 is 9.80 Å². The molecule has 110 valence electrons. The van der Waals surface area contributed by atoms with Crippen LogP contribution in [0.25, 0.3) is 0 Å². The lowest BCUT2D eigenvalue weighted by Crippen LogP contribution is -2.56. The minimum Gasteiger partial charge on any atom is -0.334 e. The van der Waals surface area contributed by atoms with Crippen LogP contribution in [0.1, 0.15) is 40.0 Å². The largest absolute Gasteiger partial charge is 0.334 e. The van der Waals surface area contributed by atoms with Crippen LogP contribution in [0.3, 0.4) is 0 Å². The topological polar surface area (TPSA) is 26.8 Å². The van der Waals surface area contributed by atoms with Gasteiger partial charge in [0.25, 0.3) is 0 Å². The SMILES string of the molecule is CCC(=O)N1C2CCC1CN(CCN(CC)CC)C2. The van der Waals surface area contributed by atoms with Crippen molar-refractivity contribution in [3.8, 4) is 0 Å². The lowest BCUT2D eigenvalue weighted by molar-refractivity contribution is -0.136. The highest BCUT2D eigenvalue weighted by Crippen LogP contribution is 2.30. The molecule has 0 N–H and O–H groups in total. The molecule has 2 saturated heterocycles. The molecule has 0 saturated carbocycles. The van der Waals surface area contributed by atoms with Gasteiger partial charge in [-0.3, -0.25) is 9.69 Å². The molecule has 0 aromatic carbocycles. The number of amides is 1. The standard InChI is InChI=1S/C15H29N3O/c1-4-15(19)18-13-7-8-14(18)12-17(11-13)10-9-16(5-2)6-3/h13-14H,4-12H2,1-3H3. The molecule has 4 heteroatoms. The van der Waals surface area contributed by atoms with E-state index in [1.165, 1.54) is 12.8 Å². The Balaban J connectivity index is 1.84. The van der Waals surface area contributed by atoms with Gasteiger partial charge in [0.15, 0.2) is 0 Å². The monoisotopic (exact) mass is 267 g/mol. The zero-order valence-electron chi connectivity index (χ0n) is 12.8. The number of likely N-dealkylation sites (tertiary alicyclic amines) is 1. The van der Waals surface area contributed by atoms with Crippen molar-refractivity contribution in [2.24, 2.45) is 0 Å². The number of fused-ring (bicyclic) bond motifs is 2. The van der Waals surface area contributed by atoms with E-state index in [0.717, 1.165) is 39.3 Å². The normalized spacial score (nSPS) is 27.3. The van der Waals surface area contributed by atoms with Crippen molar-refractivity contribution < 1.29 is 4.79 Å². The van der Waals surface area contributed by atoms with Gasteiger partial charge in [-0.15, -0.1) is 0 Å². The summed E-state index contributed by atoms with van der Waals surface area (Å²) >= 11 is 0. The summed E-state index contributed by atoms with van der Waals surface area (Å²) in [6, 6.07) is 0.978. The first kappa shape index (κ1) is 14.8. The van der Waals surface area contributed by atoms with E-state index in [1.54, 1.807) is 0 Å². The fourth-order valence-corrected chi connectivity index (χ4v) is 3.59. The number of nitrogens with zero attached hydrogens (tertiary/aromatic N) is 3. The molecular weight excluding hydrogens is 238 g/mol. The van der Waals surface area contributed by atoms with Gasteiger partial charge in [0.2, 0.25) is 5.91 Å². The quantitative estimate of drug-likeness (QED) is 0.728. The molecule has 0 aromatic heterocycles. The summed E-state index contributed by atoms with van der Waals surface area (Å²) in [5.41, 5.74) is 0. The Morgan fingerprint density at radius 2 is 1.68 bits per heavy atom. The summed E-state index contributed by atoms with van der Waals surface area (Å²) in [7, 11) is 0. The van der Waals surface area contributed by atoms with Gasteiger partial charge in [0.1, 0.15) is 0 Å². The van der Waals surface area contributed by atoms with Gasteiger partial charge in [-0.25, -0.2) is 0 Å². The maximum atomic E-state index is 12.0. The van der Waals surface area contributed by atoms with Crippen molar-refractivity contribution in [3.63, 3.8) is 0 Å². The van der Waals surface area contributed by atoms with Crippen LogP contribution in [0.2, 0.25) is 0 Å². The zero-order chi connectivity index (χ0) is 13.8. The number of carbonyl (C=O) groups excluding carboxylic acids is 1. The molecule has 2 aliphatic rings. The second-order valence-electron chi connectivity index (χ2n) is 5.83. The Morgan fingerprint density at radius 1 is 1.11 bits per heavy atom. The minimum absolute atomic E-state index is 0.357. The van der Waals surface area contributed by atoms with Crippen molar-refractivity contribution in [1.29, 1.82) is 0 Å².